The molecule has 0 saturated carbocycles. The van der Waals surface area contributed by atoms with Crippen molar-refractivity contribution in [3.8, 4) is 0 Å². The fraction of sp³-hybridized carbons (Fsp3) is 0.462. The van der Waals surface area contributed by atoms with Crippen LogP contribution in [0.2, 0.25) is 0 Å². The van der Waals surface area contributed by atoms with Gasteiger partial charge >= 0.3 is 0 Å². The number of hydrogen-bond donors (Lipinski definition) is 2. The molecule has 2 rings (SSSR count). The first-order valence-electron chi connectivity index (χ1n) is 6.10. The van der Waals surface area contributed by atoms with E-state index in [1.54, 1.807) is 19.2 Å². The summed E-state index contributed by atoms with van der Waals surface area (Å²) in [5, 5.41) is 0.493. The highest BCUT2D eigenvalue weighted by Gasteiger charge is 2.19. The Morgan fingerprint density at radius 1 is 1.47 bits per heavy atom. The lowest BCUT2D eigenvalue weighted by Gasteiger charge is -2.21. The van der Waals surface area contributed by atoms with Crippen molar-refractivity contribution in [3.63, 3.8) is 0 Å². The van der Waals surface area contributed by atoms with Gasteiger partial charge in [0.2, 0.25) is 0 Å². The fourth-order valence-electron chi connectivity index (χ4n) is 1.65. The molecule has 0 aliphatic rings. The van der Waals surface area contributed by atoms with Crippen molar-refractivity contribution in [1.82, 2.24) is 9.97 Å². The number of nitrogens with one attached hydrogen (secondary N) is 1. The molecular formula is C13H19N3O2S. The van der Waals surface area contributed by atoms with E-state index >= 15 is 0 Å². The smallest absolute Gasteiger partial charge is 0.197 e. The first-order valence-corrected chi connectivity index (χ1v) is 7.42. The zero-order valence-corrected chi connectivity index (χ0v) is 12.2. The van der Waals surface area contributed by atoms with Gasteiger partial charge in [0.1, 0.15) is 0 Å². The first-order chi connectivity index (χ1) is 8.91. The van der Waals surface area contributed by atoms with Crippen molar-refractivity contribution in [2.75, 3.05) is 18.6 Å². The average molecular weight is 281 g/mol. The van der Waals surface area contributed by atoms with Gasteiger partial charge in [-0.25, -0.2) is 4.98 Å². The van der Waals surface area contributed by atoms with Crippen LogP contribution < -0.4 is 5.73 Å². The minimum absolute atomic E-state index is 0.272. The summed E-state index contributed by atoms with van der Waals surface area (Å²) in [6.45, 7) is 3.95. The summed E-state index contributed by atoms with van der Waals surface area (Å²) in [6.07, 6.45) is 0.704. The Hall–Kier alpha value is -1.40. The van der Waals surface area contributed by atoms with Gasteiger partial charge in [0.05, 0.1) is 27.4 Å². The second-order valence-electron chi connectivity index (χ2n) is 5.08. The van der Waals surface area contributed by atoms with E-state index in [1.807, 2.05) is 19.9 Å². The van der Waals surface area contributed by atoms with Gasteiger partial charge in [-0.1, -0.05) is 0 Å². The summed E-state index contributed by atoms with van der Waals surface area (Å²) in [5.74, 6) is 0.510. The average Bonchev–Trinajstić information content (AvgIpc) is 2.79. The van der Waals surface area contributed by atoms with Gasteiger partial charge in [-0.15, -0.1) is 0 Å². The maximum Gasteiger partial charge on any atom is 0.197 e. The maximum absolute atomic E-state index is 12.2. The van der Waals surface area contributed by atoms with Gasteiger partial charge in [0.25, 0.3) is 0 Å². The third kappa shape index (κ3) is 3.33. The maximum atomic E-state index is 12.2. The van der Waals surface area contributed by atoms with E-state index < -0.39 is 10.8 Å². The number of aromatic nitrogens is 2. The Kier molecular flexibility index (Phi) is 3.91. The second kappa shape index (κ2) is 5.30. The van der Waals surface area contributed by atoms with Crippen molar-refractivity contribution in [2.45, 2.75) is 31.0 Å². The molecule has 6 heteroatoms. The number of imidazole rings is 1. The van der Waals surface area contributed by atoms with Crippen molar-refractivity contribution < 1.29 is 8.95 Å². The van der Waals surface area contributed by atoms with Gasteiger partial charge in [0, 0.05) is 18.6 Å². The van der Waals surface area contributed by atoms with Crippen molar-refractivity contribution in [1.29, 1.82) is 0 Å². The number of benzene rings is 1. The molecule has 1 atom stereocenters. The van der Waals surface area contributed by atoms with Crippen LogP contribution in [0, 0.1) is 0 Å². The number of rotatable bonds is 5. The molecule has 1 aromatic carbocycles. The molecule has 5 nitrogen and oxygen atoms in total. The summed E-state index contributed by atoms with van der Waals surface area (Å²) in [5.41, 5.74) is 7.69. The van der Waals surface area contributed by atoms with Crippen molar-refractivity contribution in [3.05, 3.63) is 18.2 Å². The SMILES string of the molecule is COC(C)(C)CCS(=O)c1nc2ccc(N)cc2[nH]1. The van der Waals surface area contributed by atoms with Crippen LogP contribution >= 0.6 is 0 Å². The van der Waals surface area contributed by atoms with Crippen molar-refractivity contribution >= 4 is 27.5 Å². The molecule has 0 aliphatic carbocycles. The summed E-state index contributed by atoms with van der Waals surface area (Å²) in [7, 11) is 0.501. The Morgan fingerprint density at radius 2 is 2.21 bits per heavy atom. The standard InChI is InChI=1S/C13H19N3O2S/c1-13(2,18-3)6-7-19(17)12-15-10-5-4-9(14)8-11(10)16-12/h4-5,8H,6-7,14H2,1-3H3,(H,15,16). The zero-order valence-electron chi connectivity index (χ0n) is 11.4. The molecule has 0 bridgehead atoms. The van der Waals surface area contributed by atoms with Crippen LogP contribution in [0.4, 0.5) is 5.69 Å². The number of H-pyrrole nitrogens is 1. The fourth-order valence-corrected chi connectivity index (χ4v) is 2.94. The summed E-state index contributed by atoms with van der Waals surface area (Å²) >= 11 is 0. The Bertz CT molecular complexity index is 607. The Morgan fingerprint density at radius 3 is 2.89 bits per heavy atom. The second-order valence-corrected chi connectivity index (χ2v) is 6.57. The molecule has 0 amide bonds. The number of methoxy groups -OCH3 is 1. The quantitative estimate of drug-likeness (QED) is 0.822. The lowest BCUT2D eigenvalue weighted by Crippen LogP contribution is -2.25. The number of nitrogens with zero attached hydrogens (tertiary/aromatic N) is 1. The van der Waals surface area contributed by atoms with Crippen LogP contribution in [0.5, 0.6) is 0 Å². The van der Waals surface area contributed by atoms with E-state index in [0.29, 0.717) is 23.0 Å². The lowest BCUT2D eigenvalue weighted by molar-refractivity contribution is 0.0205. The highest BCUT2D eigenvalue weighted by molar-refractivity contribution is 7.84. The van der Waals surface area contributed by atoms with Crippen LogP contribution in [-0.2, 0) is 15.5 Å². The number of hydrogen-bond acceptors (Lipinski definition) is 4. The Balaban J connectivity index is 2.13. The van der Waals surface area contributed by atoms with Crippen LogP contribution in [0.3, 0.4) is 0 Å². The molecule has 0 saturated heterocycles. The molecular weight excluding hydrogens is 262 g/mol. The van der Waals surface area contributed by atoms with Crippen LogP contribution in [0.1, 0.15) is 20.3 Å². The zero-order chi connectivity index (χ0) is 14.0. The van der Waals surface area contributed by atoms with Crippen LogP contribution in [0.25, 0.3) is 11.0 Å². The number of aromatic amines is 1. The van der Waals surface area contributed by atoms with Crippen LogP contribution in [-0.4, -0.2) is 32.6 Å². The predicted molar refractivity (Wildman–Crippen MR) is 77.5 cm³/mol. The normalized spacial score (nSPS) is 13.8. The number of nitrogen functional groups attached to an aromatic ring is 1. The van der Waals surface area contributed by atoms with Gasteiger partial charge in [-0.3, -0.25) is 4.21 Å². The van der Waals surface area contributed by atoms with Gasteiger partial charge < -0.3 is 15.5 Å². The molecule has 0 spiro atoms. The molecule has 1 heterocycles. The molecule has 3 N–H and O–H groups in total. The summed E-state index contributed by atoms with van der Waals surface area (Å²) in [6, 6.07) is 5.40. The molecule has 1 unspecified atom stereocenters. The van der Waals surface area contributed by atoms with E-state index in [-0.39, 0.29) is 5.60 Å². The number of fused-ring (bicyclic) bond motifs is 1. The molecule has 2 aromatic rings. The van der Waals surface area contributed by atoms with E-state index in [1.165, 1.54) is 0 Å². The van der Waals surface area contributed by atoms with Gasteiger partial charge in [-0.2, -0.15) is 0 Å². The van der Waals surface area contributed by atoms with E-state index in [4.69, 9.17) is 10.5 Å². The monoisotopic (exact) mass is 281 g/mol. The largest absolute Gasteiger partial charge is 0.399 e. The minimum atomic E-state index is -1.16. The first kappa shape index (κ1) is 14.0. The third-order valence-corrected chi connectivity index (χ3v) is 4.34. The number of anilines is 1. The van der Waals surface area contributed by atoms with E-state index in [9.17, 15) is 4.21 Å². The van der Waals surface area contributed by atoms with E-state index in [2.05, 4.69) is 9.97 Å². The van der Waals surface area contributed by atoms with E-state index in [0.717, 1.165) is 11.0 Å². The molecule has 1 aromatic heterocycles. The van der Waals surface area contributed by atoms with Crippen LogP contribution in [0.15, 0.2) is 23.4 Å². The molecule has 19 heavy (non-hydrogen) atoms. The lowest BCUT2D eigenvalue weighted by atomic mass is 10.1. The molecule has 0 radical (unpaired) electrons. The van der Waals surface area contributed by atoms with Crippen molar-refractivity contribution in [2.24, 2.45) is 0 Å². The highest BCUT2D eigenvalue weighted by Crippen LogP contribution is 2.19. The number of nitrogens with two attached hydrogens (primary N) is 1. The summed E-state index contributed by atoms with van der Waals surface area (Å²) < 4.78 is 17.5. The highest BCUT2D eigenvalue weighted by atomic mass is 32.2. The molecule has 0 fully saturated rings. The molecule has 0 aliphatic heterocycles. The van der Waals surface area contributed by atoms with Gasteiger partial charge in [-0.05, 0) is 38.5 Å². The van der Waals surface area contributed by atoms with Gasteiger partial charge in [0.15, 0.2) is 5.16 Å². The minimum Gasteiger partial charge on any atom is -0.399 e. The summed E-state index contributed by atoms with van der Waals surface area (Å²) in [4.78, 5) is 7.39. The third-order valence-electron chi connectivity index (χ3n) is 3.14. The predicted octanol–water partition coefficient (Wildman–Crippen LogP) is 2.07. The molecule has 104 valence electrons. The Labute approximate surface area is 115 Å². The number of ether oxygens (including phenoxy) is 1. The topological polar surface area (TPSA) is 81.0 Å².